The number of halogens is 3. The van der Waals surface area contributed by atoms with Crippen LogP contribution < -0.4 is 5.32 Å². The molecule has 4 nitrogen and oxygen atoms in total. The molecular weight excluding hydrogens is 343 g/mol. The summed E-state index contributed by atoms with van der Waals surface area (Å²) in [4.78, 5) is 14.2. The molecule has 0 spiro atoms. The predicted molar refractivity (Wildman–Crippen MR) is 95.2 cm³/mol. The molecule has 0 bridgehead atoms. The van der Waals surface area contributed by atoms with Crippen LogP contribution in [-0.2, 0) is 11.0 Å². The van der Waals surface area contributed by atoms with Gasteiger partial charge in [-0.1, -0.05) is 38.8 Å². The van der Waals surface area contributed by atoms with E-state index in [1.54, 1.807) is 6.07 Å². The zero-order valence-corrected chi connectivity index (χ0v) is 15.1. The second-order valence-electron chi connectivity index (χ2n) is 5.90. The minimum Gasteiger partial charge on any atom is -0.376 e. The lowest BCUT2D eigenvalue weighted by atomic mass is 10.1. The quantitative estimate of drug-likeness (QED) is 0.496. The van der Waals surface area contributed by atoms with Crippen molar-refractivity contribution in [1.82, 2.24) is 4.90 Å². The first kappa shape index (κ1) is 21.6. The van der Waals surface area contributed by atoms with Gasteiger partial charge >= 0.3 is 6.18 Å². The fourth-order valence-corrected chi connectivity index (χ4v) is 2.31. The van der Waals surface area contributed by atoms with Gasteiger partial charge in [0.25, 0.3) is 5.91 Å². The highest BCUT2D eigenvalue weighted by molar-refractivity contribution is 6.06. The van der Waals surface area contributed by atoms with E-state index in [4.69, 9.17) is 0 Å². The molecule has 0 aliphatic heterocycles. The van der Waals surface area contributed by atoms with Crippen LogP contribution in [0.15, 0.2) is 36.0 Å². The normalized spacial score (nSPS) is 11.8. The number of hydrogen-bond acceptors (Lipinski definition) is 3. The predicted octanol–water partition coefficient (Wildman–Crippen LogP) is 4.95. The van der Waals surface area contributed by atoms with Gasteiger partial charge < -0.3 is 10.2 Å². The summed E-state index contributed by atoms with van der Waals surface area (Å²) in [7, 11) is 0. The molecule has 0 heterocycles. The highest BCUT2D eigenvalue weighted by Crippen LogP contribution is 2.34. The maximum Gasteiger partial charge on any atom is 0.418 e. The van der Waals surface area contributed by atoms with Crippen molar-refractivity contribution in [1.29, 1.82) is 5.26 Å². The van der Waals surface area contributed by atoms with Gasteiger partial charge in [-0.15, -0.1) is 0 Å². The molecule has 0 saturated heterocycles. The highest BCUT2D eigenvalue weighted by atomic mass is 19.4. The van der Waals surface area contributed by atoms with Crippen molar-refractivity contribution in [2.24, 2.45) is 0 Å². The molecule has 0 fully saturated rings. The van der Waals surface area contributed by atoms with E-state index in [1.807, 2.05) is 18.7 Å². The first-order chi connectivity index (χ1) is 12.3. The number of hydrogen-bond donors (Lipinski definition) is 1. The molecule has 0 radical (unpaired) electrons. The minimum absolute atomic E-state index is 0.214. The van der Waals surface area contributed by atoms with Crippen LogP contribution in [0.4, 0.5) is 18.9 Å². The van der Waals surface area contributed by atoms with Crippen molar-refractivity contribution in [3.63, 3.8) is 0 Å². The minimum atomic E-state index is -4.59. The molecular formula is C19H24F3N3O. The number of alkyl halides is 3. The molecule has 0 unspecified atom stereocenters. The van der Waals surface area contributed by atoms with Crippen LogP contribution in [0.1, 0.15) is 45.1 Å². The van der Waals surface area contributed by atoms with Gasteiger partial charge in [0, 0.05) is 19.3 Å². The van der Waals surface area contributed by atoms with Gasteiger partial charge in [-0.2, -0.15) is 18.4 Å². The van der Waals surface area contributed by atoms with Crippen molar-refractivity contribution in [2.45, 2.75) is 45.7 Å². The third kappa shape index (κ3) is 6.79. The number of unbranched alkanes of at least 4 members (excludes halogenated alkanes) is 2. The third-order valence-corrected chi connectivity index (χ3v) is 3.76. The van der Waals surface area contributed by atoms with Crippen molar-refractivity contribution >= 4 is 11.6 Å². The summed E-state index contributed by atoms with van der Waals surface area (Å²) < 4.78 is 39.1. The van der Waals surface area contributed by atoms with Crippen molar-refractivity contribution < 1.29 is 18.0 Å². The summed E-state index contributed by atoms with van der Waals surface area (Å²) in [6.45, 7) is 5.45. The average molecular weight is 367 g/mol. The van der Waals surface area contributed by atoms with Crippen LogP contribution in [0.25, 0.3) is 0 Å². The lowest BCUT2D eigenvalue weighted by molar-refractivity contribution is -0.137. The molecule has 0 atom stereocenters. The molecule has 142 valence electrons. The Morgan fingerprint density at radius 2 is 1.77 bits per heavy atom. The second kappa shape index (κ2) is 10.5. The fraction of sp³-hybridized carbons (Fsp3) is 0.474. The summed E-state index contributed by atoms with van der Waals surface area (Å²) in [5.74, 6) is -0.845. The highest BCUT2D eigenvalue weighted by Gasteiger charge is 2.33. The maximum atomic E-state index is 13.0. The van der Waals surface area contributed by atoms with Crippen LogP contribution in [0, 0.1) is 11.3 Å². The Morgan fingerprint density at radius 3 is 2.27 bits per heavy atom. The van der Waals surface area contributed by atoms with E-state index < -0.39 is 17.6 Å². The van der Waals surface area contributed by atoms with Crippen LogP contribution in [0.5, 0.6) is 0 Å². The first-order valence-corrected chi connectivity index (χ1v) is 8.67. The lowest BCUT2D eigenvalue weighted by Crippen LogP contribution is -2.24. The van der Waals surface area contributed by atoms with E-state index >= 15 is 0 Å². The van der Waals surface area contributed by atoms with Gasteiger partial charge in [-0.3, -0.25) is 4.79 Å². The van der Waals surface area contributed by atoms with E-state index in [0.29, 0.717) is 13.1 Å². The summed E-state index contributed by atoms with van der Waals surface area (Å²) in [6.07, 6.45) is 0.577. The zero-order chi connectivity index (χ0) is 19.6. The number of rotatable bonds is 9. The monoisotopic (exact) mass is 367 g/mol. The Hall–Kier alpha value is -2.49. The Balaban J connectivity index is 3.00. The Bertz CT molecular complexity index is 655. The summed E-state index contributed by atoms with van der Waals surface area (Å²) in [6, 6.07) is 6.49. The number of amides is 1. The molecule has 1 amide bonds. The molecule has 1 rings (SSSR count). The van der Waals surface area contributed by atoms with Crippen LogP contribution in [0.2, 0.25) is 0 Å². The number of anilines is 1. The molecule has 0 aliphatic rings. The van der Waals surface area contributed by atoms with Crippen molar-refractivity contribution in [3.8, 4) is 6.07 Å². The maximum absolute atomic E-state index is 13.0. The molecule has 7 heteroatoms. The van der Waals surface area contributed by atoms with Gasteiger partial charge in [-0.25, -0.2) is 0 Å². The van der Waals surface area contributed by atoms with Crippen molar-refractivity contribution in [3.05, 3.63) is 41.6 Å². The molecule has 1 aromatic rings. The Labute approximate surface area is 152 Å². The SMILES string of the molecule is CCCCN(/C=C(/C#N)C(=O)Nc1ccccc1C(F)(F)F)CCCC. The number of benzene rings is 1. The molecule has 1 aromatic carbocycles. The van der Waals surface area contributed by atoms with E-state index in [-0.39, 0.29) is 11.3 Å². The number of nitrogens with zero attached hydrogens (tertiary/aromatic N) is 2. The molecule has 0 saturated carbocycles. The first-order valence-electron chi connectivity index (χ1n) is 8.67. The summed E-state index contributed by atoms with van der Waals surface area (Å²) >= 11 is 0. The fourth-order valence-electron chi connectivity index (χ4n) is 2.31. The lowest BCUT2D eigenvalue weighted by Gasteiger charge is -2.20. The number of nitrogens with one attached hydrogen (secondary N) is 1. The smallest absolute Gasteiger partial charge is 0.376 e. The van der Waals surface area contributed by atoms with E-state index in [0.717, 1.165) is 31.7 Å². The number of carbonyl (C=O) groups excluding carboxylic acids is 1. The van der Waals surface area contributed by atoms with Gasteiger partial charge in [0.05, 0.1) is 11.3 Å². The van der Waals surface area contributed by atoms with Crippen molar-refractivity contribution in [2.75, 3.05) is 18.4 Å². The topological polar surface area (TPSA) is 56.1 Å². The van der Waals surface area contributed by atoms with Gasteiger partial charge in [0.2, 0.25) is 0 Å². The van der Waals surface area contributed by atoms with E-state index in [1.165, 1.54) is 24.4 Å². The van der Waals surface area contributed by atoms with Crippen LogP contribution in [-0.4, -0.2) is 23.9 Å². The molecule has 1 N–H and O–H groups in total. The Kier molecular flexibility index (Phi) is 8.70. The number of para-hydroxylation sites is 1. The largest absolute Gasteiger partial charge is 0.418 e. The van der Waals surface area contributed by atoms with Gasteiger partial charge in [-0.05, 0) is 25.0 Å². The number of nitriles is 1. The van der Waals surface area contributed by atoms with Crippen LogP contribution >= 0.6 is 0 Å². The second-order valence-corrected chi connectivity index (χ2v) is 5.90. The van der Waals surface area contributed by atoms with Gasteiger partial charge in [0.1, 0.15) is 11.6 Å². The van der Waals surface area contributed by atoms with E-state index in [9.17, 15) is 23.2 Å². The summed E-state index contributed by atoms with van der Waals surface area (Å²) in [5.41, 5.74) is -1.52. The standard InChI is InChI=1S/C19H24F3N3O/c1-3-5-11-25(12-6-4-2)14-15(13-23)18(26)24-17-10-8-7-9-16(17)19(20,21)22/h7-10,14H,3-6,11-12H2,1-2H3,(H,24,26)/b15-14-. The van der Waals surface area contributed by atoms with Gasteiger partial charge in [0.15, 0.2) is 0 Å². The molecule has 26 heavy (non-hydrogen) atoms. The third-order valence-electron chi connectivity index (χ3n) is 3.76. The number of carbonyl (C=O) groups is 1. The Morgan fingerprint density at radius 1 is 1.19 bits per heavy atom. The average Bonchev–Trinajstić information content (AvgIpc) is 2.60. The zero-order valence-electron chi connectivity index (χ0n) is 15.1. The van der Waals surface area contributed by atoms with E-state index in [2.05, 4.69) is 5.32 Å². The molecule has 0 aliphatic carbocycles. The summed E-state index contributed by atoms with van der Waals surface area (Å²) in [5, 5.41) is 11.5. The molecule has 0 aromatic heterocycles. The van der Waals surface area contributed by atoms with Crippen LogP contribution in [0.3, 0.4) is 0 Å².